The Hall–Kier alpha value is -4.40. The fourth-order valence-electron chi connectivity index (χ4n) is 4.50. The fourth-order valence-corrected chi connectivity index (χ4v) is 4.50. The summed E-state index contributed by atoms with van der Waals surface area (Å²) in [4.78, 5) is 43.8. The average Bonchev–Trinajstić information content (AvgIpc) is 2.88. The molecular weight excluding hydrogens is 448 g/mol. The van der Waals surface area contributed by atoms with E-state index in [-0.39, 0.29) is 18.6 Å². The minimum atomic E-state index is -1.06. The Morgan fingerprint density at radius 3 is 2.49 bits per heavy atom. The van der Waals surface area contributed by atoms with E-state index in [0.29, 0.717) is 30.7 Å². The van der Waals surface area contributed by atoms with Crippen molar-refractivity contribution in [2.45, 2.75) is 25.4 Å². The largest absolute Gasteiger partial charge is 0.465 e. The van der Waals surface area contributed by atoms with Crippen LogP contribution in [0.15, 0.2) is 82.5 Å². The van der Waals surface area contributed by atoms with Crippen LogP contribution in [0.25, 0.3) is 11.0 Å². The van der Waals surface area contributed by atoms with Crippen LogP contribution in [0.1, 0.15) is 24.4 Å². The number of fused-ring (bicyclic) bond motifs is 1. The first kappa shape index (κ1) is 22.4. The zero-order valence-corrected chi connectivity index (χ0v) is 18.9. The number of pyridine rings is 1. The molecule has 1 fully saturated rings. The number of piperidine rings is 1. The van der Waals surface area contributed by atoms with Crippen LogP contribution in [0, 0.1) is 0 Å². The maximum Gasteiger partial charge on any atom is 0.407 e. The molecule has 0 bridgehead atoms. The van der Waals surface area contributed by atoms with E-state index in [4.69, 9.17) is 4.74 Å². The predicted molar refractivity (Wildman–Crippen MR) is 130 cm³/mol. The predicted octanol–water partition coefficient (Wildman–Crippen LogP) is 3.71. The number of likely N-dealkylation sites (tertiary alicyclic amines) is 1. The van der Waals surface area contributed by atoms with Gasteiger partial charge >= 0.3 is 11.8 Å². The summed E-state index contributed by atoms with van der Waals surface area (Å²) in [5.74, 6) is 1.39. The molecule has 1 atom stereocenters. The summed E-state index contributed by atoms with van der Waals surface area (Å²) in [5, 5.41) is 9.41. The molecule has 2 aromatic heterocycles. The van der Waals surface area contributed by atoms with Gasteiger partial charge in [-0.3, -0.25) is 13.9 Å². The zero-order chi connectivity index (χ0) is 24.4. The Morgan fingerprint density at radius 2 is 1.74 bits per heavy atom. The highest BCUT2D eigenvalue weighted by Crippen LogP contribution is 2.22. The number of hydrogen-bond donors (Lipinski definition) is 1. The lowest BCUT2D eigenvalue weighted by Gasteiger charge is -2.31. The first-order valence-corrected chi connectivity index (χ1v) is 11.4. The molecule has 3 heterocycles. The van der Waals surface area contributed by atoms with Crippen LogP contribution in [0.3, 0.4) is 0 Å². The van der Waals surface area contributed by atoms with Crippen LogP contribution >= 0.6 is 0 Å². The average molecular weight is 473 g/mol. The Bertz CT molecular complexity index is 1480. The Kier molecular flexibility index (Phi) is 6.05. The highest BCUT2D eigenvalue weighted by molar-refractivity contribution is 5.73. The van der Waals surface area contributed by atoms with E-state index in [1.54, 1.807) is 12.1 Å². The quantitative estimate of drug-likeness (QED) is 0.475. The van der Waals surface area contributed by atoms with Gasteiger partial charge in [-0.1, -0.05) is 30.3 Å². The van der Waals surface area contributed by atoms with E-state index in [0.717, 1.165) is 11.3 Å². The lowest BCUT2D eigenvalue weighted by Crippen LogP contribution is -2.48. The molecule has 0 saturated carbocycles. The summed E-state index contributed by atoms with van der Waals surface area (Å²) >= 11 is 0. The van der Waals surface area contributed by atoms with Gasteiger partial charge in [0, 0.05) is 19.3 Å². The molecule has 5 rings (SSSR count). The number of hydrogen-bond acceptors (Lipinski definition) is 5. The minimum absolute atomic E-state index is 0.0916. The molecule has 2 aromatic carbocycles. The molecule has 1 N–H and O–H groups in total. The highest BCUT2D eigenvalue weighted by atomic mass is 16.5. The fraction of sp³-hybridized carbons (Fsp3) is 0.231. The minimum Gasteiger partial charge on any atom is -0.465 e. The summed E-state index contributed by atoms with van der Waals surface area (Å²) < 4.78 is 8.55. The van der Waals surface area contributed by atoms with Crippen LogP contribution < -0.4 is 16.0 Å². The molecule has 1 aliphatic heterocycles. The first-order valence-electron chi connectivity index (χ1n) is 11.4. The van der Waals surface area contributed by atoms with E-state index in [1.807, 2.05) is 54.6 Å². The molecular formula is C26H24N4O5. The smallest absolute Gasteiger partial charge is 0.407 e. The van der Waals surface area contributed by atoms with E-state index in [9.17, 15) is 19.5 Å². The van der Waals surface area contributed by atoms with Crippen molar-refractivity contribution in [3.8, 4) is 11.5 Å². The Balaban J connectivity index is 1.51. The third-order valence-electron chi connectivity index (χ3n) is 6.21. The normalized spacial score (nSPS) is 15.8. The van der Waals surface area contributed by atoms with Crippen LogP contribution in [0.2, 0.25) is 0 Å². The van der Waals surface area contributed by atoms with Gasteiger partial charge in [-0.25, -0.2) is 14.6 Å². The van der Waals surface area contributed by atoms with Gasteiger partial charge in [0.1, 0.15) is 11.5 Å². The lowest BCUT2D eigenvalue weighted by atomic mass is 10.1. The van der Waals surface area contributed by atoms with Crippen molar-refractivity contribution < 1.29 is 14.6 Å². The maximum atomic E-state index is 13.6. The second-order valence-corrected chi connectivity index (χ2v) is 8.50. The number of rotatable bonds is 5. The molecule has 0 aliphatic carbocycles. The number of benzene rings is 2. The summed E-state index contributed by atoms with van der Waals surface area (Å²) in [6.45, 7) is 0.703. The van der Waals surface area contributed by atoms with E-state index < -0.39 is 23.4 Å². The van der Waals surface area contributed by atoms with Crippen molar-refractivity contribution in [3.63, 3.8) is 0 Å². The summed E-state index contributed by atoms with van der Waals surface area (Å²) in [7, 11) is 0. The van der Waals surface area contributed by atoms with Crippen molar-refractivity contribution in [2.24, 2.45) is 0 Å². The molecule has 35 heavy (non-hydrogen) atoms. The second-order valence-electron chi connectivity index (χ2n) is 8.50. The number of ether oxygens (including phenoxy) is 1. The van der Waals surface area contributed by atoms with Crippen LogP contribution in [0.5, 0.6) is 11.5 Å². The molecule has 9 heteroatoms. The number of amides is 1. The van der Waals surface area contributed by atoms with E-state index in [2.05, 4.69) is 4.98 Å². The third-order valence-corrected chi connectivity index (χ3v) is 6.21. The van der Waals surface area contributed by atoms with Crippen LogP contribution in [-0.4, -0.2) is 43.3 Å². The maximum absolute atomic E-state index is 13.6. The number of carboxylic acid groups (broad SMARTS) is 1. The van der Waals surface area contributed by atoms with Gasteiger partial charge in [0.2, 0.25) is 0 Å². The Morgan fingerprint density at radius 1 is 1.00 bits per heavy atom. The Labute approximate surface area is 200 Å². The monoisotopic (exact) mass is 472 g/mol. The SMILES string of the molecule is O=C(O)N1CCCC(n2c(=O)c3ncccc3n(Cc3ccc(Oc4ccccc4)cc3)c2=O)C1. The van der Waals surface area contributed by atoms with Gasteiger partial charge in [-0.2, -0.15) is 0 Å². The van der Waals surface area contributed by atoms with E-state index in [1.165, 1.54) is 20.2 Å². The molecule has 0 spiro atoms. The molecule has 1 unspecified atom stereocenters. The molecule has 9 nitrogen and oxygen atoms in total. The van der Waals surface area contributed by atoms with Gasteiger partial charge in [-0.15, -0.1) is 0 Å². The van der Waals surface area contributed by atoms with Crippen molar-refractivity contribution in [1.29, 1.82) is 0 Å². The molecule has 1 saturated heterocycles. The summed E-state index contributed by atoms with van der Waals surface area (Å²) in [6.07, 6.45) is 1.58. The summed E-state index contributed by atoms with van der Waals surface area (Å²) in [6, 6.07) is 19.7. The number of aromatic nitrogens is 3. The van der Waals surface area contributed by atoms with Gasteiger partial charge in [0.25, 0.3) is 5.56 Å². The number of para-hydroxylation sites is 1. The number of carbonyl (C=O) groups is 1. The van der Waals surface area contributed by atoms with Crippen molar-refractivity contribution in [3.05, 3.63) is 99.3 Å². The summed E-state index contributed by atoms with van der Waals surface area (Å²) in [5.41, 5.74) is 0.500. The van der Waals surface area contributed by atoms with Crippen LogP contribution in [0.4, 0.5) is 4.79 Å². The third kappa shape index (κ3) is 4.52. The van der Waals surface area contributed by atoms with Crippen molar-refractivity contribution in [2.75, 3.05) is 13.1 Å². The molecule has 1 amide bonds. The van der Waals surface area contributed by atoms with Crippen molar-refractivity contribution in [1.82, 2.24) is 19.0 Å². The molecule has 4 aromatic rings. The highest BCUT2D eigenvalue weighted by Gasteiger charge is 2.28. The van der Waals surface area contributed by atoms with Crippen molar-refractivity contribution >= 4 is 17.1 Å². The van der Waals surface area contributed by atoms with Gasteiger partial charge in [0.05, 0.1) is 18.1 Å². The van der Waals surface area contributed by atoms with Gasteiger partial charge < -0.3 is 14.7 Å². The second kappa shape index (κ2) is 9.46. The molecule has 1 aliphatic rings. The topological polar surface area (TPSA) is 107 Å². The standard InChI is InChI=1S/C26H24N4O5/c31-24-23-22(9-4-14-27-23)29(25(32)30(24)19-6-5-15-28(17-19)26(33)34)16-18-10-12-21(13-11-18)35-20-7-2-1-3-8-20/h1-4,7-14,19H,5-6,15-17H2,(H,33,34). The van der Waals surface area contributed by atoms with Gasteiger partial charge in [0.15, 0.2) is 5.52 Å². The lowest BCUT2D eigenvalue weighted by molar-refractivity contribution is 0.120. The first-order chi connectivity index (χ1) is 17.0. The van der Waals surface area contributed by atoms with Crippen LogP contribution in [-0.2, 0) is 6.54 Å². The molecule has 178 valence electrons. The zero-order valence-electron chi connectivity index (χ0n) is 18.9. The molecule has 0 radical (unpaired) electrons. The number of nitrogens with zero attached hydrogens (tertiary/aromatic N) is 4. The van der Waals surface area contributed by atoms with E-state index >= 15 is 0 Å². The van der Waals surface area contributed by atoms with Gasteiger partial charge in [-0.05, 0) is 54.8 Å².